The molecule has 5 atom stereocenters. The predicted molar refractivity (Wildman–Crippen MR) is 136 cm³/mol. The molecule has 1 aliphatic heterocycles. The van der Waals surface area contributed by atoms with Crippen LogP contribution in [0.4, 0.5) is 5.82 Å². The van der Waals surface area contributed by atoms with Gasteiger partial charge >= 0.3 is 19.4 Å². The van der Waals surface area contributed by atoms with Crippen molar-refractivity contribution in [1.82, 2.24) is 14.6 Å². The van der Waals surface area contributed by atoms with Crippen LogP contribution >= 0.6 is 19.3 Å². The summed E-state index contributed by atoms with van der Waals surface area (Å²) in [4.78, 5) is 28.5. The molecule has 0 saturated carbocycles. The normalized spacial score (nSPS) is 24.0. The SMILES string of the molecule is Cc1cn([C@H]2C[C@H](O)[C@@](CCl)(COP(=O)(N[C@@H](C)C(=O)OC(C)C)Oc3ccccc3)O2)c(=O)nc1N. The summed E-state index contributed by atoms with van der Waals surface area (Å²) in [7, 11) is -4.24. The molecule has 1 aromatic heterocycles. The van der Waals surface area contributed by atoms with Crippen molar-refractivity contribution in [3.05, 3.63) is 52.6 Å². The number of hydrogen-bond donors (Lipinski definition) is 3. The van der Waals surface area contributed by atoms with Crippen molar-refractivity contribution >= 4 is 31.1 Å². The third kappa shape index (κ3) is 7.10. The Hall–Kier alpha value is -2.47. The van der Waals surface area contributed by atoms with Crippen molar-refractivity contribution in [2.45, 2.75) is 64.2 Å². The standard InChI is InChI=1S/C23H32ClN4O8P/c1-14(2)34-21(30)16(4)27-37(32,36-17-8-6-5-7-9-17)33-13-23(12-24)18(29)10-19(35-23)28-11-15(3)20(25)26-22(28)31/h5-9,11,14,16,18-19,29H,10,12-13H2,1-4H3,(H,27,32)(H2,25,26,31)/t16-,18-,19+,23+,37?/m0/s1. The van der Waals surface area contributed by atoms with Crippen molar-refractivity contribution in [1.29, 1.82) is 0 Å². The van der Waals surface area contributed by atoms with E-state index < -0.39 is 50.0 Å². The van der Waals surface area contributed by atoms with Gasteiger partial charge in [0.25, 0.3) is 0 Å². The number of nitrogens with two attached hydrogens (primary N) is 1. The second kappa shape index (κ2) is 11.9. The number of anilines is 1. The van der Waals surface area contributed by atoms with Crippen molar-refractivity contribution in [3.8, 4) is 5.75 Å². The van der Waals surface area contributed by atoms with E-state index in [1.54, 1.807) is 51.1 Å². The summed E-state index contributed by atoms with van der Waals surface area (Å²) in [5.74, 6) is -0.632. The molecule has 0 bridgehead atoms. The van der Waals surface area contributed by atoms with Crippen LogP contribution in [0.2, 0.25) is 0 Å². The first-order valence-electron chi connectivity index (χ1n) is 11.6. The first-order valence-corrected chi connectivity index (χ1v) is 13.7. The van der Waals surface area contributed by atoms with Gasteiger partial charge in [-0.15, -0.1) is 11.6 Å². The third-order valence-electron chi connectivity index (χ3n) is 5.62. The zero-order valence-electron chi connectivity index (χ0n) is 21.0. The minimum atomic E-state index is -4.24. The number of carbonyl (C=O) groups excluding carboxylic acids is 1. The number of aliphatic hydroxyl groups is 1. The molecule has 4 N–H and O–H groups in total. The Bertz CT molecular complexity index is 1200. The molecule has 14 heteroatoms. The number of carbonyl (C=O) groups is 1. The zero-order chi connectivity index (χ0) is 27.4. The Labute approximate surface area is 219 Å². The molecule has 12 nitrogen and oxygen atoms in total. The summed E-state index contributed by atoms with van der Waals surface area (Å²) >= 11 is 6.20. The molecule has 3 rings (SSSR count). The van der Waals surface area contributed by atoms with E-state index >= 15 is 0 Å². The number of nitrogens with one attached hydrogen (secondary N) is 1. The van der Waals surface area contributed by atoms with E-state index in [4.69, 9.17) is 35.9 Å². The topological polar surface area (TPSA) is 164 Å². The summed E-state index contributed by atoms with van der Waals surface area (Å²) < 4.78 is 37.5. The lowest BCUT2D eigenvalue weighted by molar-refractivity contribution is -0.149. The maximum atomic E-state index is 13.8. The monoisotopic (exact) mass is 558 g/mol. The number of hydrogen-bond acceptors (Lipinski definition) is 10. The van der Waals surface area contributed by atoms with Gasteiger partial charge in [0.05, 0.1) is 24.7 Å². The second-order valence-corrected chi connectivity index (χ2v) is 11.0. The van der Waals surface area contributed by atoms with Crippen molar-refractivity contribution in [2.75, 3.05) is 18.2 Å². The molecular weight excluding hydrogens is 527 g/mol. The molecule has 204 valence electrons. The quantitative estimate of drug-likeness (QED) is 0.211. The van der Waals surface area contributed by atoms with Crippen molar-refractivity contribution in [3.63, 3.8) is 0 Å². The molecule has 0 spiro atoms. The Morgan fingerprint density at radius 2 is 2.05 bits per heavy atom. The van der Waals surface area contributed by atoms with Crippen LogP contribution in [0, 0.1) is 6.92 Å². The molecule has 1 aromatic carbocycles. The minimum Gasteiger partial charge on any atom is -0.462 e. The number of para-hydroxylation sites is 1. The number of nitrogens with zero attached hydrogens (tertiary/aromatic N) is 2. The maximum Gasteiger partial charge on any atom is 0.459 e. The van der Waals surface area contributed by atoms with Gasteiger partial charge in [-0.1, -0.05) is 18.2 Å². The first kappa shape index (κ1) is 29.1. The van der Waals surface area contributed by atoms with Crippen molar-refractivity contribution in [2.24, 2.45) is 0 Å². The first-order chi connectivity index (χ1) is 17.4. The highest BCUT2D eigenvalue weighted by Gasteiger charge is 2.50. The van der Waals surface area contributed by atoms with E-state index in [-0.39, 0.29) is 30.0 Å². The lowest BCUT2D eigenvalue weighted by Gasteiger charge is -2.32. The summed E-state index contributed by atoms with van der Waals surface area (Å²) in [6, 6.07) is 7.15. The molecule has 0 amide bonds. The minimum absolute atomic E-state index is 0.0184. The number of esters is 1. The Morgan fingerprint density at radius 3 is 2.68 bits per heavy atom. The Morgan fingerprint density at radius 1 is 1.38 bits per heavy atom. The van der Waals surface area contributed by atoms with Crippen LogP contribution in [0.25, 0.3) is 0 Å². The van der Waals surface area contributed by atoms with E-state index in [0.29, 0.717) is 5.56 Å². The van der Waals surface area contributed by atoms with E-state index in [9.17, 15) is 19.3 Å². The van der Waals surface area contributed by atoms with Gasteiger partial charge in [-0.3, -0.25) is 13.9 Å². The zero-order valence-corrected chi connectivity index (χ0v) is 22.6. The van der Waals surface area contributed by atoms with Gasteiger partial charge in [0.15, 0.2) is 0 Å². The van der Waals surface area contributed by atoms with Crippen LogP contribution in [-0.4, -0.2) is 57.0 Å². The van der Waals surface area contributed by atoms with Gasteiger partial charge in [0, 0.05) is 18.2 Å². The number of halogens is 1. The van der Waals surface area contributed by atoms with Crippen LogP contribution in [0.3, 0.4) is 0 Å². The van der Waals surface area contributed by atoms with Crippen LogP contribution in [0.15, 0.2) is 41.3 Å². The number of alkyl halides is 1. The van der Waals surface area contributed by atoms with E-state index in [1.807, 2.05) is 0 Å². The number of aromatic nitrogens is 2. The molecule has 0 radical (unpaired) electrons. The number of nitrogen functional groups attached to an aromatic ring is 1. The second-order valence-electron chi connectivity index (χ2n) is 9.03. The number of aliphatic hydroxyl groups excluding tert-OH is 1. The predicted octanol–water partition coefficient (Wildman–Crippen LogP) is 2.52. The van der Waals surface area contributed by atoms with Gasteiger partial charge in [0.2, 0.25) is 0 Å². The van der Waals surface area contributed by atoms with Gasteiger partial charge in [0.1, 0.15) is 29.4 Å². The summed E-state index contributed by atoms with van der Waals surface area (Å²) in [6.45, 7) is 6.00. The highest BCUT2D eigenvalue weighted by atomic mass is 35.5. The maximum absolute atomic E-state index is 13.8. The van der Waals surface area contributed by atoms with Crippen LogP contribution < -0.4 is 21.0 Å². The number of aryl methyl sites for hydroxylation is 1. The lowest BCUT2D eigenvalue weighted by Crippen LogP contribution is -2.47. The highest BCUT2D eigenvalue weighted by Crippen LogP contribution is 2.48. The molecule has 1 saturated heterocycles. The molecule has 2 heterocycles. The molecule has 1 fully saturated rings. The van der Waals surface area contributed by atoms with E-state index in [2.05, 4.69) is 10.1 Å². The van der Waals surface area contributed by atoms with Crippen LogP contribution in [0.1, 0.15) is 39.0 Å². The van der Waals surface area contributed by atoms with E-state index in [1.165, 1.54) is 17.7 Å². The summed E-state index contributed by atoms with van der Waals surface area (Å²) in [5, 5.41) is 13.4. The molecule has 2 aromatic rings. The van der Waals surface area contributed by atoms with Gasteiger partial charge in [-0.05, 0) is 39.8 Å². The summed E-state index contributed by atoms with van der Waals surface area (Å²) in [6.07, 6.45) is -1.07. The van der Waals surface area contributed by atoms with Crippen LogP contribution in [-0.2, 0) is 23.4 Å². The fraction of sp³-hybridized carbons (Fsp3) is 0.522. The van der Waals surface area contributed by atoms with Crippen LogP contribution in [0.5, 0.6) is 5.75 Å². The largest absolute Gasteiger partial charge is 0.462 e. The molecular formula is C23H32ClN4O8P. The molecule has 1 unspecified atom stereocenters. The number of benzene rings is 1. The molecule has 0 aliphatic carbocycles. The molecule has 37 heavy (non-hydrogen) atoms. The van der Waals surface area contributed by atoms with Gasteiger partial charge in [-0.25, -0.2) is 9.36 Å². The van der Waals surface area contributed by atoms with E-state index in [0.717, 1.165) is 0 Å². The Balaban J connectivity index is 1.83. The van der Waals surface area contributed by atoms with Crippen molar-refractivity contribution < 1.29 is 33.0 Å². The average Bonchev–Trinajstić information content (AvgIpc) is 3.16. The lowest BCUT2D eigenvalue weighted by atomic mass is 10.0. The van der Waals surface area contributed by atoms with Gasteiger partial charge in [-0.2, -0.15) is 10.1 Å². The number of ether oxygens (including phenoxy) is 2. The summed E-state index contributed by atoms with van der Waals surface area (Å²) in [5.41, 5.74) is 4.03. The Kier molecular flexibility index (Phi) is 9.38. The molecule has 1 aliphatic rings. The smallest absolute Gasteiger partial charge is 0.459 e. The highest BCUT2D eigenvalue weighted by molar-refractivity contribution is 7.52. The average molecular weight is 559 g/mol. The fourth-order valence-electron chi connectivity index (χ4n) is 3.58. The fourth-order valence-corrected chi connectivity index (χ4v) is 5.44. The third-order valence-corrected chi connectivity index (χ3v) is 7.69. The number of rotatable bonds is 11. The van der Waals surface area contributed by atoms with Gasteiger partial charge < -0.3 is 24.8 Å².